The number of benzene rings is 1. The average Bonchev–Trinajstić information content (AvgIpc) is 3.04. The van der Waals surface area contributed by atoms with Gasteiger partial charge >= 0.3 is 0 Å². The van der Waals surface area contributed by atoms with Crippen molar-refractivity contribution in [3.8, 4) is 0 Å². The average molecular weight is 396 g/mol. The number of nitrogens with one attached hydrogen (secondary N) is 2. The van der Waals surface area contributed by atoms with Gasteiger partial charge in [-0.3, -0.25) is 9.59 Å². The van der Waals surface area contributed by atoms with Gasteiger partial charge in [0.2, 0.25) is 5.91 Å². The molecule has 0 fully saturated rings. The highest BCUT2D eigenvalue weighted by Crippen LogP contribution is 2.26. The molecule has 0 bridgehead atoms. The molecule has 0 saturated carbocycles. The predicted molar refractivity (Wildman–Crippen MR) is 104 cm³/mol. The first-order valence-corrected chi connectivity index (χ1v) is 9.46. The molecule has 1 aromatic carbocycles. The highest BCUT2D eigenvalue weighted by Gasteiger charge is 2.24. The highest BCUT2D eigenvalue weighted by molar-refractivity contribution is 7.10. The van der Waals surface area contributed by atoms with Crippen molar-refractivity contribution in [3.63, 3.8) is 0 Å². The number of hydrogen-bond donors (Lipinski definition) is 3. The highest BCUT2D eigenvalue weighted by atomic mass is 35.5. The summed E-state index contributed by atoms with van der Waals surface area (Å²) in [4.78, 5) is 28.6. The quantitative estimate of drug-likeness (QED) is 0.697. The Labute approximate surface area is 161 Å². The SMILES string of the molecule is Cc1cc(Cl)ccc1NC(=O)c1csc([C@@H](NC(=O)[C@@H](C)O)C(C)C)n1. The minimum atomic E-state index is -1.10. The number of thiazole rings is 1. The van der Waals surface area contributed by atoms with E-state index in [-0.39, 0.29) is 23.6 Å². The largest absolute Gasteiger partial charge is 0.384 e. The Morgan fingerprint density at radius 2 is 1.96 bits per heavy atom. The lowest BCUT2D eigenvalue weighted by atomic mass is 10.0. The molecule has 1 heterocycles. The normalized spacial score (nSPS) is 13.3. The monoisotopic (exact) mass is 395 g/mol. The minimum Gasteiger partial charge on any atom is -0.384 e. The van der Waals surface area contributed by atoms with E-state index in [0.29, 0.717) is 15.7 Å². The number of amides is 2. The summed E-state index contributed by atoms with van der Waals surface area (Å²) in [6, 6.07) is 4.84. The molecular formula is C18H22ClN3O3S. The second-order valence-electron chi connectivity index (χ2n) is 6.39. The van der Waals surface area contributed by atoms with E-state index >= 15 is 0 Å². The molecule has 6 nitrogen and oxygen atoms in total. The number of nitrogens with zero attached hydrogens (tertiary/aromatic N) is 1. The Morgan fingerprint density at radius 1 is 1.27 bits per heavy atom. The molecule has 0 radical (unpaired) electrons. The maximum atomic E-state index is 12.5. The fourth-order valence-corrected chi connectivity index (χ4v) is 3.52. The topological polar surface area (TPSA) is 91.3 Å². The lowest BCUT2D eigenvalue weighted by Gasteiger charge is -2.21. The van der Waals surface area contributed by atoms with E-state index in [1.165, 1.54) is 18.3 Å². The molecule has 0 spiro atoms. The molecule has 26 heavy (non-hydrogen) atoms. The van der Waals surface area contributed by atoms with Crippen molar-refractivity contribution in [2.24, 2.45) is 5.92 Å². The molecule has 1 aromatic heterocycles. The molecule has 2 aromatic rings. The number of carbonyl (C=O) groups excluding carboxylic acids is 2. The zero-order valence-corrected chi connectivity index (χ0v) is 16.6. The summed E-state index contributed by atoms with van der Waals surface area (Å²) in [7, 11) is 0. The summed E-state index contributed by atoms with van der Waals surface area (Å²) in [6.45, 7) is 7.13. The summed E-state index contributed by atoms with van der Waals surface area (Å²) >= 11 is 7.22. The van der Waals surface area contributed by atoms with E-state index in [0.717, 1.165) is 5.56 Å². The number of carbonyl (C=O) groups is 2. The van der Waals surface area contributed by atoms with Gasteiger partial charge in [0, 0.05) is 16.1 Å². The first-order chi connectivity index (χ1) is 12.2. The van der Waals surface area contributed by atoms with Gasteiger partial charge < -0.3 is 15.7 Å². The van der Waals surface area contributed by atoms with Crippen LogP contribution in [-0.2, 0) is 4.79 Å². The number of halogens is 1. The third kappa shape index (κ3) is 5.03. The number of rotatable bonds is 6. The summed E-state index contributed by atoms with van der Waals surface area (Å²) in [6.07, 6.45) is -1.10. The van der Waals surface area contributed by atoms with Crippen LogP contribution in [0.3, 0.4) is 0 Å². The smallest absolute Gasteiger partial charge is 0.275 e. The van der Waals surface area contributed by atoms with Crippen molar-refractivity contribution in [3.05, 3.63) is 44.9 Å². The van der Waals surface area contributed by atoms with Crippen LogP contribution < -0.4 is 10.6 Å². The summed E-state index contributed by atoms with van der Waals surface area (Å²) in [5.41, 5.74) is 1.79. The third-order valence-electron chi connectivity index (χ3n) is 3.80. The molecule has 2 amide bonds. The number of aromatic nitrogens is 1. The van der Waals surface area contributed by atoms with Gasteiger partial charge in [-0.1, -0.05) is 25.4 Å². The minimum absolute atomic E-state index is 0.0540. The molecule has 0 unspecified atom stereocenters. The molecule has 140 valence electrons. The Morgan fingerprint density at radius 3 is 2.54 bits per heavy atom. The van der Waals surface area contributed by atoms with E-state index in [1.807, 2.05) is 20.8 Å². The molecular weight excluding hydrogens is 374 g/mol. The summed E-state index contributed by atoms with van der Waals surface area (Å²) in [5, 5.41) is 17.8. The van der Waals surface area contributed by atoms with E-state index < -0.39 is 12.0 Å². The number of hydrogen-bond acceptors (Lipinski definition) is 5. The van der Waals surface area contributed by atoms with E-state index in [2.05, 4.69) is 15.6 Å². The molecule has 2 rings (SSSR count). The molecule has 8 heteroatoms. The van der Waals surface area contributed by atoms with Crippen LogP contribution in [0.4, 0.5) is 5.69 Å². The van der Waals surface area contributed by atoms with Crippen molar-refractivity contribution >= 4 is 40.4 Å². The first kappa shape index (κ1) is 20.4. The molecule has 0 aliphatic heterocycles. The Bertz CT molecular complexity index is 805. The van der Waals surface area contributed by atoms with Gasteiger partial charge in [-0.05, 0) is 43.5 Å². The standard InChI is InChI=1S/C18H22ClN3O3S/c1-9(2)15(22-16(24)11(4)23)18-21-14(8-26-18)17(25)20-13-6-5-12(19)7-10(13)3/h5-9,11,15,23H,1-4H3,(H,20,25)(H,22,24)/t11-,15+/m1/s1. The van der Waals surface area contributed by atoms with Crippen LogP contribution in [-0.4, -0.2) is 28.0 Å². The van der Waals surface area contributed by atoms with Crippen LogP contribution in [0.1, 0.15) is 47.9 Å². The molecule has 0 saturated heterocycles. The summed E-state index contributed by atoms with van der Waals surface area (Å²) in [5.74, 6) is -0.748. The number of aliphatic hydroxyl groups excluding tert-OH is 1. The van der Waals surface area contributed by atoms with Gasteiger partial charge in [0.05, 0.1) is 6.04 Å². The van der Waals surface area contributed by atoms with Crippen molar-refractivity contribution in [2.45, 2.75) is 39.8 Å². The number of aliphatic hydroxyl groups is 1. The van der Waals surface area contributed by atoms with Crippen molar-refractivity contribution in [1.82, 2.24) is 10.3 Å². The Hall–Kier alpha value is -1.96. The van der Waals surface area contributed by atoms with Gasteiger partial charge in [0.15, 0.2) is 0 Å². The second kappa shape index (κ2) is 8.62. The van der Waals surface area contributed by atoms with Crippen LogP contribution >= 0.6 is 22.9 Å². The fraction of sp³-hybridized carbons (Fsp3) is 0.389. The maximum Gasteiger partial charge on any atom is 0.275 e. The molecule has 0 aliphatic rings. The van der Waals surface area contributed by atoms with Crippen molar-refractivity contribution in [2.75, 3.05) is 5.32 Å². The van der Waals surface area contributed by atoms with Crippen LogP contribution in [0.2, 0.25) is 5.02 Å². The van der Waals surface area contributed by atoms with Crippen molar-refractivity contribution in [1.29, 1.82) is 0 Å². The Kier molecular flexibility index (Phi) is 6.75. The van der Waals surface area contributed by atoms with Gasteiger partial charge in [-0.2, -0.15) is 0 Å². The van der Waals surface area contributed by atoms with Crippen LogP contribution in [0.15, 0.2) is 23.6 Å². The zero-order valence-electron chi connectivity index (χ0n) is 15.0. The summed E-state index contributed by atoms with van der Waals surface area (Å²) < 4.78 is 0. The zero-order chi connectivity index (χ0) is 19.4. The van der Waals surface area contributed by atoms with Gasteiger partial charge in [-0.15, -0.1) is 11.3 Å². The molecule has 2 atom stereocenters. The predicted octanol–water partition coefficient (Wildman–Crippen LogP) is 3.55. The Balaban J connectivity index is 2.16. The molecule has 3 N–H and O–H groups in total. The van der Waals surface area contributed by atoms with E-state index in [4.69, 9.17) is 11.6 Å². The van der Waals surface area contributed by atoms with Gasteiger partial charge in [0.1, 0.15) is 16.8 Å². The maximum absolute atomic E-state index is 12.5. The van der Waals surface area contributed by atoms with Crippen molar-refractivity contribution < 1.29 is 14.7 Å². The second-order valence-corrected chi connectivity index (χ2v) is 7.72. The van der Waals surface area contributed by atoms with Gasteiger partial charge in [-0.25, -0.2) is 4.98 Å². The fourth-order valence-electron chi connectivity index (χ4n) is 2.28. The lowest BCUT2D eigenvalue weighted by molar-refractivity contribution is -0.129. The first-order valence-electron chi connectivity index (χ1n) is 8.20. The van der Waals surface area contributed by atoms with E-state index in [9.17, 15) is 14.7 Å². The third-order valence-corrected chi connectivity index (χ3v) is 4.96. The van der Waals surface area contributed by atoms with Gasteiger partial charge in [0.25, 0.3) is 5.91 Å². The number of aryl methyl sites for hydroxylation is 1. The van der Waals surface area contributed by atoms with Crippen LogP contribution in [0, 0.1) is 12.8 Å². The van der Waals surface area contributed by atoms with E-state index in [1.54, 1.807) is 23.6 Å². The number of anilines is 1. The van der Waals surface area contributed by atoms with Crippen LogP contribution in [0.5, 0.6) is 0 Å². The lowest BCUT2D eigenvalue weighted by Crippen LogP contribution is -2.37. The van der Waals surface area contributed by atoms with Crippen LogP contribution in [0.25, 0.3) is 0 Å². The molecule has 0 aliphatic carbocycles.